The lowest BCUT2D eigenvalue weighted by Gasteiger charge is -2.22. The van der Waals surface area contributed by atoms with E-state index in [0.717, 1.165) is 47.1 Å². The molecule has 2 aliphatic rings. The summed E-state index contributed by atoms with van der Waals surface area (Å²) in [5.41, 5.74) is 4.54. The minimum absolute atomic E-state index is 0.728. The van der Waals surface area contributed by atoms with Gasteiger partial charge in [-0.25, -0.2) is 15.0 Å². The number of pyridine rings is 1. The van der Waals surface area contributed by atoms with Gasteiger partial charge in [0.15, 0.2) is 11.5 Å². The number of hydrogen-bond donors (Lipinski definition) is 1. The normalized spacial score (nSPS) is 17.9. The van der Waals surface area contributed by atoms with Crippen LogP contribution in [0.2, 0.25) is 0 Å². The van der Waals surface area contributed by atoms with Crippen LogP contribution >= 0.6 is 0 Å². The molecule has 0 spiro atoms. The summed E-state index contributed by atoms with van der Waals surface area (Å²) >= 11 is 0. The summed E-state index contributed by atoms with van der Waals surface area (Å²) in [6.45, 7) is 0. The average Bonchev–Trinajstić information content (AvgIpc) is 2.81. The molecule has 0 amide bonds. The van der Waals surface area contributed by atoms with E-state index in [1.807, 2.05) is 12.1 Å². The number of anilines is 2. The van der Waals surface area contributed by atoms with Gasteiger partial charge in [0.2, 0.25) is 0 Å². The topological polar surface area (TPSA) is 50.7 Å². The highest BCUT2D eigenvalue weighted by molar-refractivity contribution is 5.89. The quantitative estimate of drug-likeness (QED) is 0.539. The molecule has 1 N–H and O–H groups in total. The van der Waals surface area contributed by atoms with Crippen LogP contribution in [0.4, 0.5) is 11.5 Å². The van der Waals surface area contributed by atoms with Crippen molar-refractivity contribution in [3.05, 3.63) is 60.1 Å². The molecule has 0 aliphatic heterocycles. The molecule has 0 unspecified atom stereocenters. The van der Waals surface area contributed by atoms with Crippen molar-refractivity contribution in [1.82, 2.24) is 15.0 Å². The molecule has 29 heavy (non-hydrogen) atoms. The zero-order chi connectivity index (χ0) is 19.5. The molecule has 4 heteroatoms. The Balaban J connectivity index is 1.45. The third kappa shape index (κ3) is 4.02. The third-order valence-electron chi connectivity index (χ3n) is 6.30. The number of fused-ring (bicyclic) bond motifs is 1. The van der Waals surface area contributed by atoms with Gasteiger partial charge in [-0.2, -0.15) is 0 Å². The number of benzene rings is 1. The predicted molar refractivity (Wildman–Crippen MR) is 119 cm³/mol. The Kier molecular flexibility index (Phi) is 5.25. The number of rotatable bonds is 4. The SMILES string of the molecule is C1=C(c2nc(Nc3ccc(C4CCCCC4)cc3)c3cccnc3n2)CCCC1. The minimum atomic E-state index is 0.728. The van der Waals surface area contributed by atoms with E-state index in [1.165, 1.54) is 56.1 Å². The molecular formula is C25H28N4. The van der Waals surface area contributed by atoms with E-state index in [1.54, 1.807) is 6.20 Å². The first-order chi connectivity index (χ1) is 14.4. The van der Waals surface area contributed by atoms with Gasteiger partial charge in [-0.15, -0.1) is 0 Å². The number of allylic oxidation sites excluding steroid dienone is 2. The molecular weight excluding hydrogens is 356 g/mol. The predicted octanol–water partition coefficient (Wildman–Crippen LogP) is 6.77. The Labute approximate surface area is 172 Å². The lowest BCUT2D eigenvalue weighted by molar-refractivity contribution is 0.443. The first kappa shape index (κ1) is 18.3. The third-order valence-corrected chi connectivity index (χ3v) is 6.30. The summed E-state index contributed by atoms with van der Waals surface area (Å²) in [5, 5.41) is 4.50. The number of aromatic nitrogens is 3. The van der Waals surface area contributed by atoms with Crippen molar-refractivity contribution in [1.29, 1.82) is 0 Å². The Morgan fingerprint density at radius 1 is 0.862 bits per heavy atom. The summed E-state index contributed by atoms with van der Waals surface area (Å²) in [6.07, 6.45) is 15.5. The molecule has 1 fully saturated rings. The van der Waals surface area contributed by atoms with Gasteiger partial charge in [0.1, 0.15) is 5.82 Å². The second-order valence-electron chi connectivity index (χ2n) is 8.33. The molecule has 0 saturated heterocycles. The minimum Gasteiger partial charge on any atom is -0.340 e. The zero-order valence-electron chi connectivity index (χ0n) is 16.9. The van der Waals surface area contributed by atoms with E-state index in [2.05, 4.69) is 40.6 Å². The summed E-state index contributed by atoms with van der Waals surface area (Å²) in [6, 6.07) is 12.9. The molecule has 1 aromatic carbocycles. The standard InChI is InChI=1S/C25H28N4/c1-3-8-18(9-4-1)19-13-15-21(16-14-19)27-25-22-12-7-17-26-24(22)28-23(29-25)20-10-5-2-6-11-20/h7,10,12-18H,1-6,8-9,11H2,(H,26,27,28,29). The maximum Gasteiger partial charge on any atom is 0.165 e. The van der Waals surface area contributed by atoms with Crippen LogP contribution in [0.25, 0.3) is 16.6 Å². The smallest absolute Gasteiger partial charge is 0.165 e. The van der Waals surface area contributed by atoms with E-state index in [0.29, 0.717) is 0 Å². The maximum absolute atomic E-state index is 4.90. The lowest BCUT2D eigenvalue weighted by atomic mass is 9.84. The van der Waals surface area contributed by atoms with E-state index < -0.39 is 0 Å². The van der Waals surface area contributed by atoms with Gasteiger partial charge in [0.25, 0.3) is 0 Å². The molecule has 2 aliphatic carbocycles. The fraction of sp³-hybridized carbons (Fsp3) is 0.400. The van der Waals surface area contributed by atoms with Gasteiger partial charge in [0, 0.05) is 11.9 Å². The van der Waals surface area contributed by atoms with Crippen LogP contribution in [0.15, 0.2) is 48.7 Å². The van der Waals surface area contributed by atoms with Crippen molar-refractivity contribution in [2.45, 2.75) is 63.7 Å². The van der Waals surface area contributed by atoms with E-state index >= 15 is 0 Å². The van der Waals surface area contributed by atoms with E-state index in [4.69, 9.17) is 9.97 Å². The molecule has 4 nitrogen and oxygen atoms in total. The van der Waals surface area contributed by atoms with Crippen LogP contribution in [0.3, 0.4) is 0 Å². The number of hydrogen-bond acceptors (Lipinski definition) is 4. The highest BCUT2D eigenvalue weighted by Gasteiger charge is 2.16. The van der Waals surface area contributed by atoms with Gasteiger partial charge in [-0.1, -0.05) is 37.5 Å². The van der Waals surface area contributed by atoms with Crippen molar-refractivity contribution < 1.29 is 0 Å². The lowest BCUT2D eigenvalue weighted by Crippen LogP contribution is -2.05. The first-order valence-corrected chi connectivity index (χ1v) is 11.1. The largest absolute Gasteiger partial charge is 0.340 e. The van der Waals surface area contributed by atoms with Crippen molar-refractivity contribution in [2.24, 2.45) is 0 Å². The van der Waals surface area contributed by atoms with Gasteiger partial charge in [-0.3, -0.25) is 0 Å². The fourth-order valence-corrected chi connectivity index (χ4v) is 4.65. The molecule has 0 radical (unpaired) electrons. The van der Waals surface area contributed by atoms with Crippen molar-refractivity contribution in [2.75, 3.05) is 5.32 Å². The molecule has 1 saturated carbocycles. The number of nitrogens with one attached hydrogen (secondary N) is 1. The summed E-state index contributed by atoms with van der Waals surface area (Å²) < 4.78 is 0. The molecule has 2 aromatic heterocycles. The average molecular weight is 385 g/mol. The molecule has 0 bridgehead atoms. The van der Waals surface area contributed by atoms with Crippen LogP contribution in [0.5, 0.6) is 0 Å². The Bertz CT molecular complexity index is 1020. The van der Waals surface area contributed by atoms with Crippen LogP contribution in [-0.4, -0.2) is 15.0 Å². The van der Waals surface area contributed by atoms with Crippen LogP contribution in [-0.2, 0) is 0 Å². The van der Waals surface area contributed by atoms with Crippen molar-refractivity contribution in [3.63, 3.8) is 0 Å². The van der Waals surface area contributed by atoms with Crippen molar-refractivity contribution >= 4 is 28.1 Å². The monoisotopic (exact) mass is 384 g/mol. The summed E-state index contributed by atoms with van der Waals surface area (Å²) in [4.78, 5) is 14.1. The second-order valence-corrected chi connectivity index (χ2v) is 8.33. The molecule has 2 heterocycles. The first-order valence-electron chi connectivity index (χ1n) is 11.1. The van der Waals surface area contributed by atoms with Gasteiger partial charge in [-0.05, 0) is 79.8 Å². The van der Waals surface area contributed by atoms with E-state index in [-0.39, 0.29) is 0 Å². The van der Waals surface area contributed by atoms with Gasteiger partial charge < -0.3 is 5.32 Å². The summed E-state index contributed by atoms with van der Waals surface area (Å²) in [7, 11) is 0. The van der Waals surface area contributed by atoms with Gasteiger partial charge in [0.05, 0.1) is 5.39 Å². The van der Waals surface area contributed by atoms with Crippen LogP contribution in [0, 0.1) is 0 Å². The van der Waals surface area contributed by atoms with Gasteiger partial charge >= 0.3 is 0 Å². The van der Waals surface area contributed by atoms with E-state index in [9.17, 15) is 0 Å². The molecule has 148 valence electrons. The Morgan fingerprint density at radius 3 is 2.52 bits per heavy atom. The van der Waals surface area contributed by atoms with Crippen molar-refractivity contribution in [3.8, 4) is 0 Å². The Morgan fingerprint density at radius 2 is 1.72 bits per heavy atom. The van der Waals surface area contributed by atoms with Crippen LogP contribution in [0.1, 0.15) is 75.1 Å². The molecule has 3 aromatic rings. The van der Waals surface area contributed by atoms with Crippen LogP contribution < -0.4 is 5.32 Å². The molecule has 0 atom stereocenters. The molecule has 5 rings (SSSR count). The Hall–Kier alpha value is -2.75. The highest BCUT2D eigenvalue weighted by atomic mass is 15.1. The number of nitrogens with zero attached hydrogens (tertiary/aromatic N) is 3. The second kappa shape index (κ2) is 8.32. The summed E-state index contributed by atoms with van der Waals surface area (Å²) in [5.74, 6) is 2.39. The zero-order valence-corrected chi connectivity index (χ0v) is 16.9. The fourth-order valence-electron chi connectivity index (χ4n) is 4.65. The highest BCUT2D eigenvalue weighted by Crippen LogP contribution is 2.34. The maximum atomic E-state index is 4.90.